The third-order valence-corrected chi connectivity index (χ3v) is 5.42. The van der Waals surface area contributed by atoms with E-state index in [1.54, 1.807) is 18.2 Å². The highest BCUT2D eigenvalue weighted by atomic mass is 35.5. The largest absolute Gasteiger partial charge is 0.491 e. The van der Waals surface area contributed by atoms with Crippen LogP contribution in [0, 0.1) is 6.92 Å². The first-order chi connectivity index (χ1) is 13.5. The zero-order chi connectivity index (χ0) is 19.7. The summed E-state index contributed by atoms with van der Waals surface area (Å²) >= 11 is 7.46. The Balaban J connectivity index is 1.36. The molecule has 144 valence electrons. The van der Waals surface area contributed by atoms with Gasteiger partial charge in [0.05, 0.1) is 10.2 Å². The number of thiazole rings is 1. The summed E-state index contributed by atoms with van der Waals surface area (Å²) in [5, 5.41) is 15.5. The summed E-state index contributed by atoms with van der Waals surface area (Å²) in [4.78, 5) is 16.0. The van der Waals surface area contributed by atoms with Crippen LogP contribution in [-0.2, 0) is 0 Å². The fourth-order valence-electron chi connectivity index (χ4n) is 2.83. The molecule has 6 nitrogen and oxygen atoms in total. The lowest BCUT2D eigenvalue weighted by Gasteiger charge is -2.13. The monoisotopic (exact) mass is 416 g/mol. The Hall–Kier alpha value is -2.61. The van der Waals surface area contributed by atoms with Crippen LogP contribution < -0.4 is 15.7 Å². The maximum absolute atomic E-state index is 11.5. The highest BCUT2D eigenvalue weighted by Gasteiger charge is 2.10. The van der Waals surface area contributed by atoms with Crippen LogP contribution >= 0.6 is 22.9 Å². The third kappa shape index (κ3) is 4.11. The average Bonchev–Trinajstić information content (AvgIpc) is 3.06. The molecule has 2 heterocycles. The first-order valence-electron chi connectivity index (χ1n) is 8.63. The second-order valence-corrected chi connectivity index (χ2v) is 7.85. The SMILES string of the molecule is Cc1cc(=O)oc2cc(OCC(O)CNc3nc4ccc(Cl)cc4s3)ccc12. The maximum Gasteiger partial charge on any atom is 0.336 e. The molecule has 0 bridgehead atoms. The number of anilines is 1. The predicted octanol–water partition coefficient (Wildman–Crippen LogP) is 4.22. The first kappa shape index (κ1) is 18.7. The lowest BCUT2D eigenvalue weighted by Crippen LogP contribution is -2.26. The van der Waals surface area contributed by atoms with Gasteiger partial charge in [0.2, 0.25) is 0 Å². The standard InChI is InChI=1S/C20H17ClN2O4S/c1-11-6-19(25)27-17-8-14(3-4-15(11)17)26-10-13(24)9-22-20-23-16-5-2-12(21)7-18(16)28-20/h2-8,13,24H,9-10H2,1H3,(H,22,23). The molecule has 8 heteroatoms. The number of aryl methyl sites for hydroxylation is 1. The van der Waals surface area contributed by atoms with Gasteiger partial charge in [-0.2, -0.15) is 0 Å². The molecule has 0 saturated heterocycles. The molecule has 1 atom stereocenters. The number of hydrogen-bond acceptors (Lipinski definition) is 7. The van der Waals surface area contributed by atoms with Gasteiger partial charge in [-0.1, -0.05) is 22.9 Å². The van der Waals surface area contributed by atoms with Crippen molar-refractivity contribution in [3.05, 3.63) is 63.5 Å². The van der Waals surface area contributed by atoms with E-state index in [1.807, 2.05) is 25.1 Å². The zero-order valence-corrected chi connectivity index (χ0v) is 16.5. The van der Waals surface area contributed by atoms with Gasteiger partial charge in [-0.05, 0) is 42.8 Å². The van der Waals surface area contributed by atoms with E-state index in [1.165, 1.54) is 17.4 Å². The smallest absolute Gasteiger partial charge is 0.336 e. The van der Waals surface area contributed by atoms with Gasteiger partial charge < -0.3 is 19.6 Å². The average molecular weight is 417 g/mol. The Morgan fingerprint density at radius 1 is 1.29 bits per heavy atom. The van der Waals surface area contributed by atoms with Crippen molar-refractivity contribution in [3.63, 3.8) is 0 Å². The number of aromatic nitrogens is 1. The number of benzene rings is 2. The van der Waals surface area contributed by atoms with Crippen molar-refractivity contribution in [1.82, 2.24) is 4.98 Å². The molecule has 0 fully saturated rings. The van der Waals surface area contributed by atoms with Crippen molar-refractivity contribution in [2.75, 3.05) is 18.5 Å². The number of halogens is 1. The van der Waals surface area contributed by atoms with E-state index < -0.39 is 11.7 Å². The minimum atomic E-state index is -0.740. The summed E-state index contributed by atoms with van der Waals surface area (Å²) in [5.74, 6) is 0.523. The molecule has 2 N–H and O–H groups in total. The van der Waals surface area contributed by atoms with Crippen LogP contribution in [0.25, 0.3) is 21.2 Å². The molecular formula is C20H17ClN2O4S. The van der Waals surface area contributed by atoms with Crippen LogP contribution in [0.3, 0.4) is 0 Å². The fourth-order valence-corrected chi connectivity index (χ4v) is 3.97. The summed E-state index contributed by atoms with van der Waals surface area (Å²) in [7, 11) is 0. The Morgan fingerprint density at radius 3 is 3.00 bits per heavy atom. The molecule has 0 amide bonds. The van der Waals surface area contributed by atoms with Gasteiger partial charge in [0.15, 0.2) is 5.13 Å². The molecule has 0 aliphatic carbocycles. The number of hydrogen-bond donors (Lipinski definition) is 2. The van der Waals surface area contributed by atoms with Crippen molar-refractivity contribution in [2.24, 2.45) is 0 Å². The van der Waals surface area contributed by atoms with Gasteiger partial charge >= 0.3 is 5.63 Å². The zero-order valence-electron chi connectivity index (χ0n) is 14.9. The molecule has 28 heavy (non-hydrogen) atoms. The van der Waals surface area contributed by atoms with Crippen LogP contribution in [0.4, 0.5) is 5.13 Å². The van der Waals surface area contributed by atoms with Crippen LogP contribution in [0.5, 0.6) is 5.75 Å². The molecule has 0 aliphatic heterocycles. The van der Waals surface area contributed by atoms with Gasteiger partial charge in [-0.15, -0.1) is 0 Å². The first-order valence-corrected chi connectivity index (χ1v) is 9.83. The van der Waals surface area contributed by atoms with Crippen LogP contribution in [0.15, 0.2) is 51.7 Å². The number of nitrogens with zero attached hydrogens (tertiary/aromatic N) is 1. The van der Waals surface area contributed by atoms with Gasteiger partial charge in [-0.3, -0.25) is 0 Å². The van der Waals surface area contributed by atoms with E-state index >= 15 is 0 Å². The summed E-state index contributed by atoms with van der Waals surface area (Å²) in [6.07, 6.45) is -0.740. The number of ether oxygens (including phenoxy) is 1. The van der Waals surface area contributed by atoms with Crippen molar-refractivity contribution in [2.45, 2.75) is 13.0 Å². The number of aliphatic hydroxyl groups is 1. The Morgan fingerprint density at radius 2 is 2.14 bits per heavy atom. The van der Waals surface area contributed by atoms with Crippen LogP contribution in [0.2, 0.25) is 5.02 Å². The lowest BCUT2D eigenvalue weighted by atomic mass is 10.1. The minimum Gasteiger partial charge on any atom is -0.491 e. The van der Waals surface area contributed by atoms with E-state index in [0.717, 1.165) is 21.2 Å². The lowest BCUT2D eigenvalue weighted by molar-refractivity contribution is 0.117. The Bertz CT molecular complexity index is 1200. The molecule has 4 rings (SSSR count). The Labute approximate surface area is 169 Å². The topological polar surface area (TPSA) is 84.6 Å². The van der Waals surface area contributed by atoms with Gasteiger partial charge in [0.1, 0.15) is 24.0 Å². The maximum atomic E-state index is 11.5. The second kappa shape index (κ2) is 7.79. The highest BCUT2D eigenvalue weighted by molar-refractivity contribution is 7.22. The molecule has 2 aromatic heterocycles. The summed E-state index contributed by atoms with van der Waals surface area (Å²) in [6, 6.07) is 12.2. The molecule has 4 aromatic rings. The Kier molecular flexibility index (Phi) is 5.21. The summed E-state index contributed by atoms with van der Waals surface area (Å²) < 4.78 is 11.8. The van der Waals surface area contributed by atoms with E-state index in [-0.39, 0.29) is 13.2 Å². The van der Waals surface area contributed by atoms with Crippen molar-refractivity contribution in [1.29, 1.82) is 0 Å². The molecule has 0 spiro atoms. The quantitative estimate of drug-likeness (QED) is 0.458. The molecular weight excluding hydrogens is 400 g/mol. The molecule has 0 aliphatic rings. The fraction of sp³-hybridized carbons (Fsp3) is 0.200. The van der Waals surface area contributed by atoms with Gasteiger partial charge in [0.25, 0.3) is 0 Å². The number of nitrogens with one attached hydrogen (secondary N) is 1. The van der Waals surface area contributed by atoms with E-state index in [4.69, 9.17) is 20.8 Å². The number of aliphatic hydroxyl groups excluding tert-OH is 1. The number of rotatable bonds is 6. The molecule has 0 saturated carbocycles. The predicted molar refractivity (Wildman–Crippen MR) is 112 cm³/mol. The molecule has 2 aromatic carbocycles. The molecule has 0 radical (unpaired) electrons. The minimum absolute atomic E-state index is 0.0886. The third-order valence-electron chi connectivity index (χ3n) is 4.20. The van der Waals surface area contributed by atoms with Gasteiger partial charge in [-0.25, -0.2) is 9.78 Å². The highest BCUT2D eigenvalue weighted by Crippen LogP contribution is 2.28. The normalized spacial score (nSPS) is 12.4. The van der Waals surface area contributed by atoms with Crippen molar-refractivity contribution >= 4 is 49.3 Å². The molecule has 1 unspecified atom stereocenters. The summed E-state index contributed by atoms with van der Waals surface area (Å²) in [5.41, 5.74) is 1.77. The van der Waals surface area contributed by atoms with Crippen LogP contribution in [-0.4, -0.2) is 29.3 Å². The van der Waals surface area contributed by atoms with Gasteiger partial charge in [0, 0.05) is 29.1 Å². The second-order valence-electron chi connectivity index (χ2n) is 6.38. The van der Waals surface area contributed by atoms with Crippen LogP contribution in [0.1, 0.15) is 5.56 Å². The van der Waals surface area contributed by atoms with Crippen molar-refractivity contribution < 1.29 is 14.3 Å². The number of fused-ring (bicyclic) bond motifs is 2. The van der Waals surface area contributed by atoms with E-state index in [9.17, 15) is 9.90 Å². The van der Waals surface area contributed by atoms with E-state index in [2.05, 4.69) is 10.3 Å². The van der Waals surface area contributed by atoms with E-state index in [0.29, 0.717) is 21.5 Å². The summed E-state index contributed by atoms with van der Waals surface area (Å²) in [6.45, 7) is 2.23. The van der Waals surface area contributed by atoms with Crippen molar-refractivity contribution in [3.8, 4) is 5.75 Å².